The van der Waals surface area contributed by atoms with Gasteiger partial charge in [0.15, 0.2) is 0 Å². The van der Waals surface area contributed by atoms with E-state index in [-0.39, 0.29) is 11.8 Å². The topological polar surface area (TPSA) is 55.6 Å². The summed E-state index contributed by atoms with van der Waals surface area (Å²) in [7, 11) is 3.48. The maximum absolute atomic E-state index is 12.0. The molecule has 20 heavy (non-hydrogen) atoms. The fourth-order valence-corrected chi connectivity index (χ4v) is 2.59. The van der Waals surface area contributed by atoms with E-state index in [4.69, 9.17) is 10.5 Å². The smallest absolute Gasteiger partial charge is 0.222 e. The van der Waals surface area contributed by atoms with Gasteiger partial charge in [-0.15, -0.1) is 11.3 Å². The van der Waals surface area contributed by atoms with Crippen LogP contribution in [0.4, 0.5) is 0 Å². The molecule has 2 N–H and O–H groups in total. The molecule has 0 saturated heterocycles. The molecule has 0 aromatic carbocycles. The number of carbonyl (C=O) groups excluding carboxylic acids is 1. The predicted octanol–water partition coefficient (Wildman–Crippen LogP) is 1.69. The van der Waals surface area contributed by atoms with Crippen molar-refractivity contribution >= 4 is 17.2 Å². The van der Waals surface area contributed by atoms with Gasteiger partial charge in [0.05, 0.1) is 11.4 Å². The van der Waals surface area contributed by atoms with Crippen LogP contribution >= 0.6 is 11.3 Å². The molecular weight excluding hydrogens is 272 g/mol. The Morgan fingerprint density at radius 2 is 2.35 bits per heavy atom. The van der Waals surface area contributed by atoms with Crippen LogP contribution in [0.2, 0.25) is 0 Å². The summed E-state index contributed by atoms with van der Waals surface area (Å²) < 4.78 is 5.05. The highest BCUT2D eigenvalue weighted by Gasteiger charge is 2.14. The quantitative estimate of drug-likeness (QED) is 0.812. The zero-order valence-corrected chi connectivity index (χ0v) is 13.1. The molecule has 4 nitrogen and oxygen atoms in total. The molecule has 1 atom stereocenters. The average molecular weight is 294 g/mol. The summed E-state index contributed by atoms with van der Waals surface area (Å²) in [5, 5.41) is 2.03. The lowest BCUT2D eigenvalue weighted by Gasteiger charge is -2.18. The Kier molecular flexibility index (Phi) is 7.31. The molecule has 0 radical (unpaired) electrons. The standard InChI is InChI=1S/C15H22N2O2S/c1-12(10-19-3)7-15(18)17(2)9-13-8-14(20-11-13)5-4-6-16/h8,11-12H,6-7,9-10,16H2,1-3H3. The lowest BCUT2D eigenvalue weighted by Crippen LogP contribution is -2.28. The van der Waals surface area contributed by atoms with Gasteiger partial charge in [-0.25, -0.2) is 0 Å². The summed E-state index contributed by atoms with van der Waals surface area (Å²) in [6, 6.07) is 2.01. The maximum Gasteiger partial charge on any atom is 0.222 e. The van der Waals surface area contributed by atoms with Gasteiger partial charge in [0, 0.05) is 33.7 Å². The van der Waals surface area contributed by atoms with Crippen molar-refractivity contribution in [3.63, 3.8) is 0 Å². The van der Waals surface area contributed by atoms with Gasteiger partial charge >= 0.3 is 0 Å². The summed E-state index contributed by atoms with van der Waals surface area (Å²) in [6.07, 6.45) is 0.508. The molecule has 1 heterocycles. The third-order valence-electron chi connectivity index (χ3n) is 2.79. The Morgan fingerprint density at radius 3 is 3.00 bits per heavy atom. The molecular formula is C15H22N2O2S. The van der Waals surface area contributed by atoms with Crippen molar-refractivity contribution in [2.24, 2.45) is 11.7 Å². The number of thiophene rings is 1. The minimum atomic E-state index is 0.135. The minimum absolute atomic E-state index is 0.135. The van der Waals surface area contributed by atoms with E-state index in [1.54, 1.807) is 23.3 Å². The van der Waals surface area contributed by atoms with Crippen LogP contribution in [0.5, 0.6) is 0 Å². The van der Waals surface area contributed by atoms with Gasteiger partial charge in [0.2, 0.25) is 5.91 Å². The molecule has 1 unspecified atom stereocenters. The van der Waals surface area contributed by atoms with Gasteiger partial charge in [-0.2, -0.15) is 0 Å². The zero-order chi connectivity index (χ0) is 15.0. The SMILES string of the molecule is COCC(C)CC(=O)N(C)Cc1csc(C#CCN)c1. The third-order valence-corrected chi connectivity index (χ3v) is 3.68. The summed E-state index contributed by atoms with van der Waals surface area (Å²) in [6.45, 7) is 3.60. The number of carbonyl (C=O) groups is 1. The Balaban J connectivity index is 2.50. The molecule has 0 bridgehead atoms. The molecule has 1 aromatic heterocycles. The van der Waals surface area contributed by atoms with Gasteiger partial charge < -0.3 is 15.4 Å². The fraction of sp³-hybridized carbons (Fsp3) is 0.533. The van der Waals surface area contributed by atoms with Crippen LogP contribution in [0.25, 0.3) is 0 Å². The Labute approximate surface area is 124 Å². The number of ether oxygens (including phenoxy) is 1. The van der Waals surface area contributed by atoms with Crippen molar-refractivity contribution in [2.45, 2.75) is 19.9 Å². The summed E-state index contributed by atoms with van der Waals surface area (Å²) >= 11 is 1.58. The number of nitrogens with two attached hydrogens (primary N) is 1. The second kappa shape index (κ2) is 8.75. The van der Waals surface area contributed by atoms with E-state index in [0.717, 1.165) is 10.4 Å². The van der Waals surface area contributed by atoms with Crippen LogP contribution < -0.4 is 5.73 Å². The van der Waals surface area contributed by atoms with Crippen molar-refractivity contribution < 1.29 is 9.53 Å². The van der Waals surface area contributed by atoms with Gasteiger partial charge in [0.1, 0.15) is 0 Å². The van der Waals surface area contributed by atoms with Crippen LogP contribution in [-0.4, -0.2) is 38.1 Å². The minimum Gasteiger partial charge on any atom is -0.384 e. The van der Waals surface area contributed by atoms with Crippen LogP contribution in [0.15, 0.2) is 11.4 Å². The summed E-state index contributed by atoms with van der Waals surface area (Å²) in [5.41, 5.74) is 6.45. The second-order valence-electron chi connectivity index (χ2n) is 4.84. The predicted molar refractivity (Wildman–Crippen MR) is 82.4 cm³/mol. The largest absolute Gasteiger partial charge is 0.384 e. The summed E-state index contributed by atoms with van der Waals surface area (Å²) in [4.78, 5) is 14.8. The van der Waals surface area contributed by atoms with E-state index in [1.807, 2.05) is 25.4 Å². The van der Waals surface area contributed by atoms with Crippen LogP contribution in [0.3, 0.4) is 0 Å². The van der Waals surface area contributed by atoms with Crippen LogP contribution in [-0.2, 0) is 16.1 Å². The molecule has 0 fully saturated rings. The zero-order valence-electron chi connectivity index (χ0n) is 12.3. The first-order valence-electron chi connectivity index (χ1n) is 6.56. The first-order chi connectivity index (χ1) is 9.56. The van der Waals surface area contributed by atoms with Crippen molar-refractivity contribution in [3.8, 4) is 11.8 Å². The van der Waals surface area contributed by atoms with E-state index in [9.17, 15) is 4.79 Å². The van der Waals surface area contributed by atoms with E-state index in [2.05, 4.69) is 11.8 Å². The first kappa shape index (κ1) is 16.7. The molecule has 1 aromatic rings. The lowest BCUT2D eigenvalue weighted by molar-refractivity contribution is -0.131. The molecule has 1 amide bonds. The second-order valence-corrected chi connectivity index (χ2v) is 5.75. The van der Waals surface area contributed by atoms with Gasteiger partial charge in [-0.05, 0) is 22.9 Å². The van der Waals surface area contributed by atoms with E-state index in [1.165, 1.54) is 0 Å². The van der Waals surface area contributed by atoms with Gasteiger partial charge in [-0.3, -0.25) is 4.79 Å². The van der Waals surface area contributed by atoms with Crippen LogP contribution in [0, 0.1) is 17.8 Å². The highest BCUT2D eigenvalue weighted by molar-refractivity contribution is 7.10. The van der Waals surface area contributed by atoms with E-state index >= 15 is 0 Å². The van der Waals surface area contributed by atoms with E-state index < -0.39 is 0 Å². The average Bonchev–Trinajstić information content (AvgIpc) is 2.84. The Hall–Kier alpha value is -1.35. The number of hydrogen-bond acceptors (Lipinski definition) is 4. The number of amides is 1. The Morgan fingerprint density at radius 1 is 1.60 bits per heavy atom. The van der Waals surface area contributed by atoms with Gasteiger partial charge in [-0.1, -0.05) is 18.8 Å². The number of hydrogen-bond donors (Lipinski definition) is 1. The van der Waals surface area contributed by atoms with Crippen molar-refractivity contribution in [1.82, 2.24) is 4.90 Å². The maximum atomic E-state index is 12.0. The number of nitrogens with zero attached hydrogens (tertiary/aromatic N) is 1. The normalized spacial score (nSPS) is 11.6. The van der Waals surface area contributed by atoms with Crippen LogP contribution in [0.1, 0.15) is 23.8 Å². The summed E-state index contributed by atoms with van der Waals surface area (Å²) in [5.74, 6) is 6.20. The monoisotopic (exact) mass is 294 g/mol. The highest BCUT2D eigenvalue weighted by atomic mass is 32.1. The number of rotatable bonds is 6. The molecule has 0 aliphatic rings. The molecule has 0 saturated carbocycles. The Bertz CT molecular complexity index is 488. The molecule has 1 rings (SSSR count). The molecule has 0 aliphatic carbocycles. The molecule has 0 aliphatic heterocycles. The fourth-order valence-electron chi connectivity index (χ4n) is 1.82. The lowest BCUT2D eigenvalue weighted by atomic mass is 10.1. The molecule has 110 valence electrons. The third kappa shape index (κ3) is 5.74. The highest BCUT2D eigenvalue weighted by Crippen LogP contribution is 2.16. The van der Waals surface area contributed by atoms with Crippen molar-refractivity contribution in [1.29, 1.82) is 0 Å². The molecule has 5 heteroatoms. The molecule has 0 spiro atoms. The van der Waals surface area contributed by atoms with Crippen molar-refractivity contribution in [3.05, 3.63) is 21.9 Å². The van der Waals surface area contributed by atoms with Crippen molar-refractivity contribution in [2.75, 3.05) is 27.3 Å². The van der Waals surface area contributed by atoms with E-state index in [0.29, 0.717) is 26.1 Å². The number of methoxy groups -OCH3 is 1. The first-order valence-corrected chi connectivity index (χ1v) is 7.44. The van der Waals surface area contributed by atoms with Gasteiger partial charge in [0.25, 0.3) is 0 Å².